The molecule has 4 aromatic rings. The van der Waals surface area contributed by atoms with Crippen molar-refractivity contribution in [2.24, 2.45) is 0 Å². The number of hydrogen-bond donors (Lipinski definition) is 3. The lowest BCUT2D eigenvalue weighted by Gasteiger charge is -2.24. The molecule has 250 valence electrons. The maximum atomic E-state index is 13.1. The number of hydrogen-bond acceptors (Lipinski definition) is 8. The zero-order valence-electron chi connectivity index (χ0n) is 27.2. The van der Waals surface area contributed by atoms with Gasteiger partial charge in [-0.2, -0.15) is 0 Å². The van der Waals surface area contributed by atoms with Crippen LogP contribution in [0.2, 0.25) is 0 Å². The van der Waals surface area contributed by atoms with Crippen molar-refractivity contribution in [1.82, 2.24) is 30.8 Å². The van der Waals surface area contributed by atoms with Crippen LogP contribution in [0.15, 0.2) is 77.8 Å². The normalized spacial score (nSPS) is 12.3. The van der Waals surface area contributed by atoms with Crippen molar-refractivity contribution in [1.29, 1.82) is 0 Å². The summed E-state index contributed by atoms with van der Waals surface area (Å²) in [7, 11) is 1.72. The van der Waals surface area contributed by atoms with E-state index in [9.17, 15) is 14.4 Å². The molecule has 0 aliphatic carbocycles. The van der Waals surface area contributed by atoms with E-state index in [0.29, 0.717) is 38.1 Å². The third-order valence-corrected chi connectivity index (χ3v) is 9.41. The number of carbonyl (C=O) groups excluding carboxylic acids is 3. The van der Waals surface area contributed by atoms with Crippen molar-refractivity contribution in [3.05, 3.63) is 104 Å². The monoisotopic (exact) mass is 676 g/mol. The van der Waals surface area contributed by atoms with Gasteiger partial charge in [0.1, 0.15) is 6.61 Å². The number of nitrogens with one attached hydrogen (secondary N) is 3. The maximum absolute atomic E-state index is 13.1. The molecule has 12 heteroatoms. The molecular formula is C35H44N6O4S2. The molecule has 0 radical (unpaired) electrons. The van der Waals surface area contributed by atoms with Gasteiger partial charge in [-0.1, -0.05) is 74.5 Å². The van der Waals surface area contributed by atoms with E-state index in [1.54, 1.807) is 35.0 Å². The summed E-state index contributed by atoms with van der Waals surface area (Å²) in [5, 5.41) is 12.1. The lowest BCUT2D eigenvalue weighted by Crippen LogP contribution is -2.42. The largest absolute Gasteiger partial charge is 0.444 e. The molecule has 47 heavy (non-hydrogen) atoms. The molecule has 2 atom stereocenters. The highest BCUT2D eigenvalue weighted by Crippen LogP contribution is 2.20. The molecule has 0 saturated carbocycles. The number of urea groups is 1. The summed E-state index contributed by atoms with van der Waals surface area (Å²) >= 11 is 3.03. The van der Waals surface area contributed by atoms with Gasteiger partial charge in [-0.05, 0) is 36.8 Å². The summed E-state index contributed by atoms with van der Waals surface area (Å²) in [5.41, 5.74) is 4.76. The van der Waals surface area contributed by atoms with Crippen molar-refractivity contribution in [3.8, 4) is 0 Å². The van der Waals surface area contributed by atoms with Gasteiger partial charge in [0.2, 0.25) is 5.91 Å². The lowest BCUT2D eigenvalue weighted by atomic mass is 9.96. The zero-order chi connectivity index (χ0) is 33.4. The van der Waals surface area contributed by atoms with Crippen LogP contribution in [0, 0.1) is 0 Å². The Morgan fingerprint density at radius 1 is 0.894 bits per heavy atom. The average Bonchev–Trinajstić information content (AvgIpc) is 3.76. The number of carbonyl (C=O) groups is 3. The number of rotatable bonds is 17. The Labute approximate surface area is 285 Å². The van der Waals surface area contributed by atoms with Crippen LogP contribution in [0.3, 0.4) is 0 Å². The maximum Gasteiger partial charge on any atom is 0.407 e. The van der Waals surface area contributed by atoms with Crippen molar-refractivity contribution in [2.45, 2.75) is 77.1 Å². The molecular weight excluding hydrogens is 633 g/mol. The van der Waals surface area contributed by atoms with Crippen molar-refractivity contribution < 1.29 is 19.1 Å². The van der Waals surface area contributed by atoms with Crippen LogP contribution >= 0.6 is 22.7 Å². The second-order valence-corrected chi connectivity index (χ2v) is 13.6. The number of alkyl carbamates (subject to hydrolysis) is 1. The Morgan fingerprint density at radius 3 is 2.11 bits per heavy atom. The van der Waals surface area contributed by atoms with Gasteiger partial charge >= 0.3 is 12.1 Å². The summed E-state index contributed by atoms with van der Waals surface area (Å²) < 4.78 is 5.46. The van der Waals surface area contributed by atoms with Gasteiger partial charge in [0.15, 0.2) is 0 Å². The van der Waals surface area contributed by atoms with Crippen molar-refractivity contribution in [2.75, 3.05) is 13.6 Å². The fourth-order valence-electron chi connectivity index (χ4n) is 5.00. The number of benzene rings is 2. The highest BCUT2D eigenvalue weighted by Gasteiger charge is 2.20. The van der Waals surface area contributed by atoms with Crippen LogP contribution < -0.4 is 16.0 Å². The topological polar surface area (TPSA) is 126 Å². The smallest absolute Gasteiger partial charge is 0.407 e. The lowest BCUT2D eigenvalue weighted by molar-refractivity contribution is -0.121. The van der Waals surface area contributed by atoms with Crippen LogP contribution in [0.1, 0.15) is 65.7 Å². The Bertz CT molecular complexity index is 1520. The highest BCUT2D eigenvalue weighted by molar-refractivity contribution is 7.09. The van der Waals surface area contributed by atoms with Crippen molar-refractivity contribution >= 4 is 40.7 Å². The Morgan fingerprint density at radius 2 is 1.53 bits per heavy atom. The number of thiazole rings is 2. The third kappa shape index (κ3) is 12.8. The second-order valence-electron chi connectivity index (χ2n) is 11.8. The minimum absolute atomic E-state index is 0.147. The predicted octanol–water partition coefficient (Wildman–Crippen LogP) is 6.30. The molecule has 0 aliphatic heterocycles. The summed E-state index contributed by atoms with van der Waals surface area (Å²) in [6, 6.07) is 19.4. The van der Waals surface area contributed by atoms with Gasteiger partial charge in [0, 0.05) is 49.6 Å². The standard InChI is InChI=1S/C35H44N6O4S2/c1-25(2)33-39-30(23-46-33)21-41(3)34(43)37-17-16-32(42)38-28(18-26-10-6-4-7-11-26)14-15-29(19-27-12-8-5-9-13-27)40-35(44)45-22-31-20-36-24-47-31/h4-13,20,23-25,28-29H,14-19,21-22H2,1-3H3,(H,37,43)(H,38,42)(H,40,44)/t28-,29-/m1/s1. The molecule has 2 aromatic carbocycles. The summed E-state index contributed by atoms with van der Waals surface area (Å²) in [4.78, 5) is 49.6. The number of amides is 4. The van der Waals surface area contributed by atoms with Crippen LogP contribution in [0.4, 0.5) is 9.59 Å². The average molecular weight is 677 g/mol. The first kappa shape index (κ1) is 35.6. The quantitative estimate of drug-likeness (QED) is 0.121. The Kier molecular flexibility index (Phi) is 14.2. The second kappa shape index (κ2) is 18.8. The van der Waals surface area contributed by atoms with E-state index in [0.717, 1.165) is 26.7 Å². The summed E-state index contributed by atoms with van der Waals surface area (Å²) in [6.07, 6.45) is 3.87. The van der Waals surface area contributed by atoms with E-state index >= 15 is 0 Å². The first-order valence-corrected chi connectivity index (χ1v) is 17.6. The number of ether oxygens (including phenoxy) is 1. The summed E-state index contributed by atoms with van der Waals surface area (Å²) in [6.45, 7) is 4.97. The van der Waals surface area contributed by atoms with Crippen LogP contribution in [-0.4, -0.2) is 58.6 Å². The fraction of sp³-hybridized carbons (Fsp3) is 0.400. The van der Waals surface area contributed by atoms with E-state index in [1.165, 1.54) is 11.3 Å². The number of nitrogens with zero attached hydrogens (tertiary/aromatic N) is 3. The zero-order valence-corrected chi connectivity index (χ0v) is 28.8. The predicted molar refractivity (Wildman–Crippen MR) is 186 cm³/mol. The molecule has 0 aliphatic rings. The molecule has 0 spiro atoms. The van der Waals surface area contributed by atoms with Gasteiger partial charge in [0.05, 0.1) is 27.6 Å². The number of aromatic nitrogens is 2. The van der Waals surface area contributed by atoms with Gasteiger partial charge < -0.3 is 25.6 Å². The van der Waals surface area contributed by atoms with E-state index in [2.05, 4.69) is 39.8 Å². The molecule has 3 N–H and O–H groups in total. The van der Waals surface area contributed by atoms with Gasteiger partial charge in [-0.15, -0.1) is 22.7 Å². The molecule has 4 rings (SSSR count). The van der Waals surface area contributed by atoms with Gasteiger partial charge in [-0.3, -0.25) is 9.78 Å². The molecule has 0 saturated heterocycles. The Balaban J connectivity index is 1.31. The Hall–Kier alpha value is -4.29. The fourth-order valence-corrected chi connectivity index (χ4v) is 6.33. The van der Waals surface area contributed by atoms with E-state index in [4.69, 9.17) is 4.74 Å². The highest BCUT2D eigenvalue weighted by atomic mass is 32.1. The molecule has 0 bridgehead atoms. The molecule has 0 unspecified atom stereocenters. The molecule has 4 amide bonds. The van der Waals surface area contributed by atoms with Crippen LogP contribution in [-0.2, 0) is 35.5 Å². The third-order valence-electron chi connectivity index (χ3n) is 7.47. The minimum atomic E-state index is -0.487. The van der Waals surface area contributed by atoms with E-state index < -0.39 is 6.09 Å². The molecule has 2 heterocycles. The SMILES string of the molecule is CC(C)c1nc(CN(C)C(=O)NCCC(=O)N[C@H](CC[C@H](Cc2ccccc2)NC(=O)OCc2cncs2)Cc2ccccc2)cs1. The van der Waals surface area contributed by atoms with Gasteiger partial charge in [0.25, 0.3) is 0 Å². The van der Waals surface area contributed by atoms with Crippen LogP contribution in [0.25, 0.3) is 0 Å². The van der Waals surface area contributed by atoms with Crippen molar-refractivity contribution in [3.63, 3.8) is 0 Å². The first-order chi connectivity index (χ1) is 22.7. The summed E-state index contributed by atoms with van der Waals surface area (Å²) in [5.74, 6) is 0.200. The minimum Gasteiger partial charge on any atom is -0.444 e. The first-order valence-electron chi connectivity index (χ1n) is 15.9. The van der Waals surface area contributed by atoms with E-state index in [-0.39, 0.29) is 43.6 Å². The molecule has 10 nitrogen and oxygen atoms in total. The van der Waals surface area contributed by atoms with Crippen LogP contribution in [0.5, 0.6) is 0 Å². The van der Waals surface area contributed by atoms with Gasteiger partial charge in [-0.25, -0.2) is 14.6 Å². The molecule has 0 fully saturated rings. The molecule has 2 aromatic heterocycles. The van der Waals surface area contributed by atoms with E-state index in [1.807, 2.05) is 66.0 Å².